The fraction of sp³-hybridized carbons (Fsp3) is 1.00. The molecular weight excluding hydrogens is 178 g/mol. The maximum absolute atomic E-state index is 10.1. The van der Waals surface area contributed by atoms with Crippen molar-refractivity contribution in [3.05, 3.63) is 0 Å². The Morgan fingerprint density at radius 2 is 2.00 bits per heavy atom. The fourth-order valence-corrected chi connectivity index (χ4v) is 2.25. The van der Waals surface area contributed by atoms with Gasteiger partial charge in [-0.2, -0.15) is 0 Å². The van der Waals surface area contributed by atoms with Crippen LogP contribution in [0.3, 0.4) is 0 Å². The molecule has 0 aromatic rings. The van der Waals surface area contributed by atoms with Crippen molar-refractivity contribution in [3.63, 3.8) is 0 Å². The van der Waals surface area contributed by atoms with Gasteiger partial charge in [0.2, 0.25) is 0 Å². The Kier molecular flexibility index (Phi) is 4.85. The van der Waals surface area contributed by atoms with Gasteiger partial charge >= 0.3 is 0 Å². The Bertz CT molecular complexity index is 155. The van der Waals surface area contributed by atoms with Crippen LogP contribution in [0.15, 0.2) is 0 Å². The zero-order chi connectivity index (χ0) is 10.4. The van der Waals surface area contributed by atoms with Crippen molar-refractivity contribution < 1.29 is 9.84 Å². The van der Waals surface area contributed by atoms with Crippen molar-refractivity contribution in [1.29, 1.82) is 0 Å². The summed E-state index contributed by atoms with van der Waals surface area (Å²) in [7, 11) is 3.80. The van der Waals surface area contributed by atoms with E-state index < -0.39 is 5.60 Å². The second-order valence-corrected chi connectivity index (χ2v) is 4.52. The maximum atomic E-state index is 10.1. The largest absolute Gasteiger partial charge is 0.389 e. The Morgan fingerprint density at radius 1 is 1.36 bits per heavy atom. The van der Waals surface area contributed by atoms with E-state index in [-0.39, 0.29) is 0 Å². The maximum Gasteiger partial charge on any atom is 0.0774 e. The van der Waals surface area contributed by atoms with Gasteiger partial charge in [-0.1, -0.05) is 12.8 Å². The highest BCUT2D eigenvalue weighted by Gasteiger charge is 2.31. The molecule has 1 saturated carbocycles. The molecule has 0 aromatic carbocycles. The van der Waals surface area contributed by atoms with E-state index in [4.69, 9.17) is 4.74 Å². The molecule has 3 nitrogen and oxygen atoms in total. The average Bonchev–Trinajstić information content (AvgIpc) is 2.52. The SMILES string of the molecule is COCCCN(C)CC1(O)CCCC1. The summed E-state index contributed by atoms with van der Waals surface area (Å²) < 4.78 is 5.00. The zero-order valence-corrected chi connectivity index (χ0v) is 9.46. The fourth-order valence-electron chi connectivity index (χ4n) is 2.25. The minimum absolute atomic E-state index is 0.401. The molecule has 0 saturated heterocycles. The summed E-state index contributed by atoms with van der Waals surface area (Å²) in [5.41, 5.74) is -0.401. The topological polar surface area (TPSA) is 32.7 Å². The molecule has 1 fully saturated rings. The summed E-state index contributed by atoms with van der Waals surface area (Å²) in [6.07, 6.45) is 5.36. The molecule has 84 valence electrons. The second-order valence-electron chi connectivity index (χ2n) is 4.52. The summed E-state index contributed by atoms with van der Waals surface area (Å²) in [4.78, 5) is 2.21. The van der Waals surface area contributed by atoms with Gasteiger partial charge < -0.3 is 14.7 Å². The average molecular weight is 201 g/mol. The van der Waals surface area contributed by atoms with Gasteiger partial charge in [-0.3, -0.25) is 0 Å². The minimum Gasteiger partial charge on any atom is -0.389 e. The summed E-state index contributed by atoms with van der Waals surface area (Å²) in [6.45, 7) is 2.63. The molecule has 0 atom stereocenters. The van der Waals surface area contributed by atoms with Crippen LogP contribution in [-0.4, -0.2) is 49.5 Å². The molecule has 3 heteroatoms. The lowest BCUT2D eigenvalue weighted by Gasteiger charge is -2.28. The number of methoxy groups -OCH3 is 1. The predicted molar refractivity (Wildman–Crippen MR) is 57.4 cm³/mol. The Balaban J connectivity index is 2.15. The third-order valence-corrected chi connectivity index (χ3v) is 2.99. The highest BCUT2D eigenvalue weighted by Crippen LogP contribution is 2.29. The quantitative estimate of drug-likeness (QED) is 0.657. The molecule has 0 amide bonds. The summed E-state index contributed by atoms with van der Waals surface area (Å²) >= 11 is 0. The number of rotatable bonds is 6. The summed E-state index contributed by atoms with van der Waals surface area (Å²) in [6, 6.07) is 0. The first-order valence-electron chi connectivity index (χ1n) is 5.56. The van der Waals surface area contributed by atoms with Crippen molar-refractivity contribution in [1.82, 2.24) is 4.90 Å². The highest BCUT2D eigenvalue weighted by atomic mass is 16.5. The minimum atomic E-state index is -0.401. The van der Waals surface area contributed by atoms with Crippen LogP contribution in [0, 0.1) is 0 Å². The molecule has 0 radical (unpaired) electrons. The van der Waals surface area contributed by atoms with Gasteiger partial charge in [0.15, 0.2) is 0 Å². The molecule has 0 aromatic heterocycles. The van der Waals surface area contributed by atoms with Crippen LogP contribution in [0.25, 0.3) is 0 Å². The predicted octanol–water partition coefficient (Wildman–Crippen LogP) is 1.26. The molecule has 0 heterocycles. The summed E-state index contributed by atoms with van der Waals surface area (Å²) in [5.74, 6) is 0. The van der Waals surface area contributed by atoms with Crippen LogP contribution in [0.4, 0.5) is 0 Å². The van der Waals surface area contributed by atoms with Crippen molar-refractivity contribution in [3.8, 4) is 0 Å². The number of hydrogen-bond acceptors (Lipinski definition) is 3. The molecule has 1 rings (SSSR count). The van der Waals surface area contributed by atoms with Gasteiger partial charge in [0, 0.05) is 26.8 Å². The van der Waals surface area contributed by atoms with Gasteiger partial charge in [-0.15, -0.1) is 0 Å². The standard InChI is InChI=1S/C11H23NO2/c1-12(8-5-9-14-2)10-11(13)6-3-4-7-11/h13H,3-10H2,1-2H3. The van der Waals surface area contributed by atoms with Crippen molar-refractivity contribution in [2.75, 3.05) is 33.9 Å². The van der Waals surface area contributed by atoms with E-state index in [2.05, 4.69) is 11.9 Å². The van der Waals surface area contributed by atoms with Gasteiger partial charge in [0.25, 0.3) is 0 Å². The second kappa shape index (κ2) is 5.69. The molecule has 0 spiro atoms. The molecular formula is C11H23NO2. The van der Waals surface area contributed by atoms with E-state index in [9.17, 15) is 5.11 Å². The highest BCUT2D eigenvalue weighted by molar-refractivity contribution is 4.86. The van der Waals surface area contributed by atoms with Crippen LogP contribution >= 0.6 is 0 Å². The van der Waals surface area contributed by atoms with E-state index >= 15 is 0 Å². The van der Waals surface area contributed by atoms with E-state index in [1.54, 1.807) is 7.11 Å². The van der Waals surface area contributed by atoms with Gasteiger partial charge in [-0.05, 0) is 26.3 Å². The lowest BCUT2D eigenvalue weighted by Crippen LogP contribution is -2.39. The van der Waals surface area contributed by atoms with Crippen molar-refractivity contribution in [2.24, 2.45) is 0 Å². The van der Waals surface area contributed by atoms with Crippen molar-refractivity contribution in [2.45, 2.75) is 37.7 Å². The first-order chi connectivity index (χ1) is 6.66. The molecule has 1 aliphatic carbocycles. The van der Waals surface area contributed by atoms with Crippen LogP contribution in [-0.2, 0) is 4.74 Å². The number of likely N-dealkylation sites (N-methyl/N-ethyl adjacent to an activating group) is 1. The molecule has 1 N–H and O–H groups in total. The zero-order valence-electron chi connectivity index (χ0n) is 9.46. The van der Waals surface area contributed by atoms with Crippen LogP contribution in [0.1, 0.15) is 32.1 Å². The molecule has 0 unspecified atom stereocenters. The molecule has 1 aliphatic rings. The third-order valence-electron chi connectivity index (χ3n) is 2.99. The number of nitrogens with zero attached hydrogens (tertiary/aromatic N) is 1. The summed E-state index contributed by atoms with van der Waals surface area (Å²) in [5, 5.41) is 10.1. The Morgan fingerprint density at radius 3 is 2.57 bits per heavy atom. The number of hydrogen-bond donors (Lipinski definition) is 1. The normalized spacial score (nSPS) is 20.6. The lowest BCUT2D eigenvalue weighted by molar-refractivity contribution is 0.0147. The first-order valence-corrected chi connectivity index (χ1v) is 5.56. The van der Waals surface area contributed by atoms with E-state index in [1.165, 1.54) is 12.8 Å². The number of ether oxygens (including phenoxy) is 1. The third kappa shape index (κ3) is 3.95. The van der Waals surface area contributed by atoms with Crippen LogP contribution in [0.5, 0.6) is 0 Å². The Labute approximate surface area is 87.1 Å². The first kappa shape index (κ1) is 12.0. The monoisotopic (exact) mass is 201 g/mol. The smallest absolute Gasteiger partial charge is 0.0774 e. The van der Waals surface area contributed by atoms with E-state index in [1.807, 2.05) is 0 Å². The Hall–Kier alpha value is -0.120. The van der Waals surface area contributed by atoms with Crippen molar-refractivity contribution >= 4 is 0 Å². The molecule has 14 heavy (non-hydrogen) atoms. The van der Waals surface area contributed by atoms with Crippen LogP contribution in [0.2, 0.25) is 0 Å². The molecule has 0 aliphatic heterocycles. The van der Waals surface area contributed by atoms with Gasteiger partial charge in [0.05, 0.1) is 5.60 Å². The van der Waals surface area contributed by atoms with E-state index in [0.717, 1.165) is 39.0 Å². The lowest BCUT2D eigenvalue weighted by atomic mass is 10.0. The van der Waals surface area contributed by atoms with Gasteiger partial charge in [-0.25, -0.2) is 0 Å². The number of aliphatic hydroxyl groups is 1. The van der Waals surface area contributed by atoms with E-state index in [0.29, 0.717) is 0 Å². The van der Waals surface area contributed by atoms with Gasteiger partial charge in [0.1, 0.15) is 0 Å². The van der Waals surface area contributed by atoms with Crippen LogP contribution < -0.4 is 0 Å². The molecule has 0 bridgehead atoms.